The number of hydrogen-bond donors (Lipinski definition) is 2. The molecule has 1 aromatic carbocycles. The van der Waals surface area contributed by atoms with Crippen molar-refractivity contribution in [3.8, 4) is 11.5 Å². The molecule has 0 aliphatic rings. The number of benzene rings is 1. The zero-order chi connectivity index (χ0) is 15.0. The molecule has 0 aromatic heterocycles. The molecule has 0 amide bonds. The highest BCUT2D eigenvalue weighted by Gasteiger charge is 2.26. The van der Waals surface area contributed by atoms with Crippen LogP contribution in [0.1, 0.15) is 34.1 Å². The van der Waals surface area contributed by atoms with Crippen molar-refractivity contribution >= 4 is 0 Å². The second kappa shape index (κ2) is 8.12. The molecule has 20 heavy (non-hydrogen) atoms. The summed E-state index contributed by atoms with van der Waals surface area (Å²) in [6.07, 6.45) is 0.699. The number of aliphatic hydroxyl groups excluding tert-OH is 1. The highest BCUT2D eigenvalue weighted by atomic mass is 16.5. The molecule has 2 unspecified atom stereocenters. The maximum atomic E-state index is 9.53. The lowest BCUT2D eigenvalue weighted by Crippen LogP contribution is -2.48. The van der Waals surface area contributed by atoms with Crippen LogP contribution in [0.5, 0.6) is 11.5 Å². The summed E-state index contributed by atoms with van der Waals surface area (Å²) in [5.41, 5.74) is -0.325. The predicted octanol–water partition coefficient (Wildman–Crippen LogP) is 2.60. The summed E-state index contributed by atoms with van der Waals surface area (Å²) < 4.78 is 11.5. The lowest BCUT2D eigenvalue weighted by atomic mass is 9.95. The van der Waals surface area contributed by atoms with Crippen molar-refractivity contribution in [3.63, 3.8) is 0 Å². The van der Waals surface area contributed by atoms with Crippen molar-refractivity contribution in [1.82, 2.24) is 5.32 Å². The van der Waals surface area contributed by atoms with Crippen LogP contribution in [0, 0.1) is 0 Å². The number of rotatable bonds is 9. The molecule has 4 heteroatoms. The van der Waals surface area contributed by atoms with Gasteiger partial charge in [0.15, 0.2) is 11.5 Å². The Bertz CT molecular complexity index is 397. The van der Waals surface area contributed by atoms with E-state index in [2.05, 4.69) is 5.32 Å². The molecular formula is C16H27NO3. The summed E-state index contributed by atoms with van der Waals surface area (Å²) in [4.78, 5) is 0. The van der Waals surface area contributed by atoms with E-state index in [0.29, 0.717) is 6.61 Å². The second-order valence-electron chi connectivity index (χ2n) is 5.26. The van der Waals surface area contributed by atoms with Crippen molar-refractivity contribution < 1.29 is 14.6 Å². The van der Waals surface area contributed by atoms with Crippen LogP contribution in [-0.4, -0.2) is 36.5 Å². The van der Waals surface area contributed by atoms with Gasteiger partial charge in [0.25, 0.3) is 0 Å². The minimum atomic E-state index is -0.325. The Morgan fingerprint density at radius 2 is 1.90 bits per heavy atom. The number of ether oxygens (including phenoxy) is 2. The van der Waals surface area contributed by atoms with E-state index in [-0.39, 0.29) is 18.2 Å². The first-order chi connectivity index (χ1) is 9.54. The number of likely N-dealkylation sites (N-methyl/N-ethyl adjacent to an activating group) is 1. The fraction of sp³-hybridized carbons (Fsp3) is 0.625. The Morgan fingerprint density at radius 3 is 2.45 bits per heavy atom. The predicted molar refractivity (Wildman–Crippen MR) is 81.5 cm³/mol. The fourth-order valence-corrected chi connectivity index (χ4v) is 2.33. The highest BCUT2D eigenvalue weighted by molar-refractivity contribution is 5.39. The molecule has 1 aromatic rings. The van der Waals surface area contributed by atoms with Crippen LogP contribution in [0.15, 0.2) is 24.3 Å². The normalized spacial score (nSPS) is 15.4. The van der Waals surface area contributed by atoms with E-state index >= 15 is 0 Å². The van der Waals surface area contributed by atoms with Gasteiger partial charge < -0.3 is 19.9 Å². The van der Waals surface area contributed by atoms with E-state index in [1.807, 2.05) is 52.0 Å². The van der Waals surface area contributed by atoms with Gasteiger partial charge >= 0.3 is 0 Å². The van der Waals surface area contributed by atoms with Crippen LogP contribution in [0.3, 0.4) is 0 Å². The van der Waals surface area contributed by atoms with Gasteiger partial charge in [0.2, 0.25) is 0 Å². The lowest BCUT2D eigenvalue weighted by Gasteiger charge is -2.31. The highest BCUT2D eigenvalue weighted by Crippen LogP contribution is 2.28. The molecule has 0 bridgehead atoms. The molecule has 0 aliphatic heterocycles. The number of aliphatic hydroxyl groups is 1. The molecule has 0 aliphatic carbocycles. The zero-order valence-electron chi connectivity index (χ0n) is 13.0. The van der Waals surface area contributed by atoms with Gasteiger partial charge in [0.05, 0.1) is 19.3 Å². The largest absolute Gasteiger partial charge is 0.490 e. The molecule has 0 fully saturated rings. The summed E-state index contributed by atoms with van der Waals surface area (Å²) in [5, 5.41) is 12.8. The quantitative estimate of drug-likeness (QED) is 0.730. The molecule has 0 heterocycles. The van der Waals surface area contributed by atoms with Gasteiger partial charge in [-0.05, 0) is 39.4 Å². The van der Waals surface area contributed by atoms with Crippen molar-refractivity contribution in [2.75, 3.05) is 19.8 Å². The number of para-hydroxylation sites is 2. The van der Waals surface area contributed by atoms with Gasteiger partial charge in [-0.3, -0.25) is 0 Å². The molecular weight excluding hydrogens is 254 g/mol. The smallest absolute Gasteiger partial charge is 0.161 e. The first kappa shape index (κ1) is 16.8. The minimum absolute atomic E-state index is 0.0205. The Kier molecular flexibility index (Phi) is 6.82. The van der Waals surface area contributed by atoms with E-state index in [1.54, 1.807) is 0 Å². The van der Waals surface area contributed by atoms with Crippen LogP contribution < -0.4 is 14.8 Å². The van der Waals surface area contributed by atoms with Crippen LogP contribution in [0.2, 0.25) is 0 Å². The van der Waals surface area contributed by atoms with Crippen molar-refractivity contribution in [2.45, 2.75) is 45.8 Å². The van der Waals surface area contributed by atoms with Gasteiger partial charge in [-0.25, -0.2) is 0 Å². The van der Waals surface area contributed by atoms with Gasteiger partial charge in [0, 0.05) is 12.0 Å². The molecule has 0 spiro atoms. The third-order valence-corrected chi connectivity index (χ3v) is 3.17. The summed E-state index contributed by atoms with van der Waals surface area (Å²) in [6.45, 7) is 9.51. The Balaban J connectivity index is 2.68. The van der Waals surface area contributed by atoms with Crippen molar-refractivity contribution in [3.05, 3.63) is 24.3 Å². The summed E-state index contributed by atoms with van der Waals surface area (Å²) in [6, 6.07) is 7.67. The van der Waals surface area contributed by atoms with Gasteiger partial charge in [0.1, 0.15) is 0 Å². The topological polar surface area (TPSA) is 50.7 Å². The average molecular weight is 281 g/mol. The first-order valence-corrected chi connectivity index (χ1v) is 7.29. The first-order valence-electron chi connectivity index (χ1n) is 7.29. The third-order valence-electron chi connectivity index (χ3n) is 3.17. The Hall–Kier alpha value is -1.26. The van der Waals surface area contributed by atoms with E-state index in [0.717, 1.165) is 24.5 Å². The molecule has 0 radical (unpaired) electrons. The van der Waals surface area contributed by atoms with E-state index < -0.39 is 0 Å². The minimum Gasteiger partial charge on any atom is -0.490 e. The van der Waals surface area contributed by atoms with Crippen LogP contribution in [0.4, 0.5) is 0 Å². The van der Waals surface area contributed by atoms with Gasteiger partial charge in [-0.15, -0.1) is 0 Å². The summed E-state index contributed by atoms with van der Waals surface area (Å²) in [7, 11) is 0. The molecule has 114 valence electrons. The Labute approximate surface area is 122 Å². The molecule has 0 saturated heterocycles. The monoisotopic (exact) mass is 281 g/mol. The number of hydrogen-bond acceptors (Lipinski definition) is 4. The summed E-state index contributed by atoms with van der Waals surface area (Å²) >= 11 is 0. The third kappa shape index (κ3) is 5.02. The maximum absolute atomic E-state index is 9.53. The lowest BCUT2D eigenvalue weighted by molar-refractivity contribution is 0.109. The fourth-order valence-electron chi connectivity index (χ4n) is 2.33. The average Bonchev–Trinajstić information content (AvgIpc) is 2.41. The summed E-state index contributed by atoms with van der Waals surface area (Å²) in [5.74, 6) is 1.51. The Morgan fingerprint density at radius 1 is 1.25 bits per heavy atom. The van der Waals surface area contributed by atoms with E-state index in [9.17, 15) is 5.11 Å². The molecule has 2 atom stereocenters. The van der Waals surface area contributed by atoms with Crippen LogP contribution in [-0.2, 0) is 0 Å². The van der Waals surface area contributed by atoms with E-state index in [4.69, 9.17) is 9.47 Å². The van der Waals surface area contributed by atoms with Gasteiger partial charge in [-0.1, -0.05) is 19.1 Å². The van der Waals surface area contributed by atoms with Crippen molar-refractivity contribution in [1.29, 1.82) is 0 Å². The van der Waals surface area contributed by atoms with Crippen LogP contribution >= 0.6 is 0 Å². The SMILES string of the molecule is CCNC(C)(CO)CC(C)Oc1ccccc1OCC. The number of nitrogens with one attached hydrogen (secondary N) is 1. The maximum Gasteiger partial charge on any atom is 0.161 e. The van der Waals surface area contributed by atoms with Crippen molar-refractivity contribution in [2.24, 2.45) is 0 Å². The molecule has 1 rings (SSSR count). The van der Waals surface area contributed by atoms with Crippen LogP contribution in [0.25, 0.3) is 0 Å². The second-order valence-corrected chi connectivity index (χ2v) is 5.26. The standard InChI is InChI=1S/C16H27NO3/c1-5-17-16(4,12-18)11-13(3)20-15-10-8-7-9-14(15)19-6-2/h7-10,13,17-18H,5-6,11-12H2,1-4H3. The molecule has 4 nitrogen and oxygen atoms in total. The zero-order valence-corrected chi connectivity index (χ0v) is 13.0. The molecule has 2 N–H and O–H groups in total. The molecule has 0 saturated carbocycles. The van der Waals surface area contributed by atoms with E-state index in [1.165, 1.54) is 0 Å². The van der Waals surface area contributed by atoms with Gasteiger partial charge in [-0.2, -0.15) is 0 Å².